The van der Waals surface area contributed by atoms with Crippen LogP contribution < -0.4 is 5.32 Å². The molecule has 1 N–H and O–H groups in total. The van der Waals surface area contributed by atoms with Crippen molar-refractivity contribution in [2.75, 3.05) is 31.6 Å². The van der Waals surface area contributed by atoms with Gasteiger partial charge in [0, 0.05) is 36.6 Å². The number of pyridine rings is 1. The van der Waals surface area contributed by atoms with Gasteiger partial charge in [0.2, 0.25) is 0 Å². The molecule has 5 nitrogen and oxygen atoms in total. The molecule has 0 saturated carbocycles. The topological polar surface area (TPSA) is 54.5 Å². The van der Waals surface area contributed by atoms with Crippen LogP contribution in [-0.4, -0.2) is 42.1 Å². The molecule has 1 aliphatic rings. The Balaban J connectivity index is 1.42. The fourth-order valence-electron chi connectivity index (χ4n) is 3.43. The lowest BCUT2D eigenvalue weighted by Crippen LogP contribution is -2.40. The van der Waals surface area contributed by atoms with Gasteiger partial charge < -0.3 is 15.0 Å². The highest BCUT2D eigenvalue weighted by molar-refractivity contribution is 5.95. The van der Waals surface area contributed by atoms with Crippen molar-refractivity contribution in [3.8, 4) is 11.1 Å². The summed E-state index contributed by atoms with van der Waals surface area (Å²) in [5.41, 5.74) is 4.05. The van der Waals surface area contributed by atoms with Crippen LogP contribution in [0.15, 0.2) is 67.0 Å². The summed E-state index contributed by atoms with van der Waals surface area (Å²) in [4.78, 5) is 19.0. The van der Waals surface area contributed by atoms with E-state index in [1.54, 1.807) is 31.5 Å². The van der Waals surface area contributed by atoms with E-state index >= 15 is 0 Å². The smallest absolute Gasteiger partial charge is 0.254 e. The number of hydrogen-bond acceptors (Lipinski definition) is 4. The average molecular weight is 417 g/mol. The summed E-state index contributed by atoms with van der Waals surface area (Å²) in [6, 6.07) is 16.4. The summed E-state index contributed by atoms with van der Waals surface area (Å²) in [7, 11) is 0. The molecule has 3 aromatic rings. The molecular formula is C25H24FN3O2. The number of carbonyl (C=O) groups excluding carboxylic acids is 1. The average Bonchev–Trinajstić information content (AvgIpc) is 2.82. The van der Waals surface area contributed by atoms with Gasteiger partial charge >= 0.3 is 0 Å². The van der Waals surface area contributed by atoms with Crippen LogP contribution in [0, 0.1) is 12.7 Å². The molecule has 2 aromatic carbocycles. The maximum absolute atomic E-state index is 13.4. The second kappa shape index (κ2) is 9.53. The molecule has 31 heavy (non-hydrogen) atoms. The highest BCUT2D eigenvalue weighted by atomic mass is 19.1. The van der Waals surface area contributed by atoms with E-state index in [0.29, 0.717) is 43.2 Å². The van der Waals surface area contributed by atoms with E-state index in [1.165, 1.54) is 6.07 Å². The summed E-state index contributed by atoms with van der Waals surface area (Å²) >= 11 is 0. The second-order valence-corrected chi connectivity index (χ2v) is 7.40. The molecule has 0 bridgehead atoms. The van der Waals surface area contributed by atoms with Gasteiger partial charge in [-0.1, -0.05) is 18.2 Å². The fourth-order valence-corrected chi connectivity index (χ4v) is 3.43. The highest BCUT2D eigenvalue weighted by Gasteiger charge is 2.18. The lowest BCUT2D eigenvalue weighted by Gasteiger charge is -2.27. The number of amides is 1. The number of aromatic nitrogens is 1. The van der Waals surface area contributed by atoms with E-state index in [0.717, 1.165) is 16.7 Å². The third-order valence-corrected chi connectivity index (χ3v) is 5.19. The number of carbonyl (C=O) groups is 1. The van der Waals surface area contributed by atoms with E-state index in [1.807, 2.05) is 47.4 Å². The van der Waals surface area contributed by atoms with Gasteiger partial charge in [-0.25, -0.2) is 9.37 Å². The van der Waals surface area contributed by atoms with Gasteiger partial charge in [-0.3, -0.25) is 4.79 Å². The number of halogens is 1. The minimum Gasteiger partial charge on any atom is -0.378 e. The van der Waals surface area contributed by atoms with Crippen LogP contribution in [0.3, 0.4) is 0 Å². The van der Waals surface area contributed by atoms with Crippen molar-refractivity contribution >= 4 is 17.8 Å². The zero-order valence-electron chi connectivity index (χ0n) is 17.3. The van der Waals surface area contributed by atoms with Crippen LogP contribution in [0.4, 0.5) is 10.2 Å². The van der Waals surface area contributed by atoms with Crippen LogP contribution >= 0.6 is 0 Å². The second-order valence-electron chi connectivity index (χ2n) is 7.40. The standard InChI is InChI=1S/C25H24FN3O2/c1-18-15-19(5-7-23(18)26)9-10-27-24-8-6-22(17-28-24)20-3-2-4-21(16-20)25(30)29-11-13-31-14-12-29/h2-10,15-17H,11-14H2,1H3,(H,27,28)/b10-9+. The first-order chi connectivity index (χ1) is 15.1. The van der Waals surface area contributed by atoms with E-state index < -0.39 is 0 Å². The van der Waals surface area contributed by atoms with Crippen LogP contribution in [0.5, 0.6) is 0 Å². The number of nitrogens with one attached hydrogen (secondary N) is 1. The molecule has 1 aliphatic heterocycles. The molecule has 1 fully saturated rings. The molecule has 6 heteroatoms. The van der Waals surface area contributed by atoms with E-state index in [-0.39, 0.29) is 11.7 Å². The maximum atomic E-state index is 13.4. The summed E-state index contributed by atoms with van der Waals surface area (Å²) < 4.78 is 18.7. The molecule has 158 valence electrons. The number of benzene rings is 2. The van der Waals surface area contributed by atoms with Gasteiger partial charge in [0.15, 0.2) is 0 Å². The van der Waals surface area contributed by atoms with E-state index in [9.17, 15) is 9.18 Å². The normalized spacial score (nSPS) is 14.1. The Bertz CT molecular complexity index is 1090. The quantitative estimate of drug-likeness (QED) is 0.651. The van der Waals surface area contributed by atoms with Crippen molar-refractivity contribution in [2.24, 2.45) is 0 Å². The Morgan fingerprint density at radius 2 is 1.94 bits per heavy atom. The highest BCUT2D eigenvalue weighted by Crippen LogP contribution is 2.22. The van der Waals surface area contributed by atoms with Crippen LogP contribution in [0.25, 0.3) is 17.2 Å². The zero-order valence-corrected chi connectivity index (χ0v) is 17.3. The molecule has 0 spiro atoms. The SMILES string of the molecule is Cc1cc(/C=C/Nc2ccc(-c3cccc(C(=O)N4CCOCC4)c3)cn2)ccc1F. The van der Waals surface area contributed by atoms with E-state index in [4.69, 9.17) is 4.74 Å². The number of nitrogens with zero attached hydrogens (tertiary/aromatic N) is 2. The number of hydrogen-bond donors (Lipinski definition) is 1. The van der Waals surface area contributed by atoms with Gasteiger partial charge in [-0.15, -0.1) is 0 Å². The number of anilines is 1. The summed E-state index contributed by atoms with van der Waals surface area (Å²) in [5, 5.41) is 3.12. The van der Waals surface area contributed by atoms with Crippen LogP contribution in [0.1, 0.15) is 21.5 Å². The molecule has 0 unspecified atom stereocenters. The molecular weight excluding hydrogens is 393 g/mol. The summed E-state index contributed by atoms with van der Waals surface area (Å²) in [5.74, 6) is 0.509. The monoisotopic (exact) mass is 417 g/mol. The third-order valence-electron chi connectivity index (χ3n) is 5.19. The first-order valence-corrected chi connectivity index (χ1v) is 10.2. The van der Waals surface area contributed by atoms with Gasteiger partial charge in [0.25, 0.3) is 5.91 Å². The van der Waals surface area contributed by atoms with Gasteiger partial charge in [-0.2, -0.15) is 0 Å². The minimum absolute atomic E-state index is 0.0255. The number of rotatable bonds is 5. The van der Waals surface area contributed by atoms with Crippen molar-refractivity contribution in [3.63, 3.8) is 0 Å². The van der Waals surface area contributed by atoms with Gasteiger partial charge in [-0.05, 0) is 66.1 Å². The maximum Gasteiger partial charge on any atom is 0.254 e. The first-order valence-electron chi connectivity index (χ1n) is 10.2. The number of morpholine rings is 1. The molecule has 1 amide bonds. The largest absolute Gasteiger partial charge is 0.378 e. The molecule has 1 saturated heterocycles. The van der Waals surface area contributed by atoms with Gasteiger partial charge in [0.05, 0.1) is 13.2 Å². The van der Waals surface area contributed by atoms with Crippen LogP contribution in [-0.2, 0) is 4.74 Å². The molecule has 2 heterocycles. The fraction of sp³-hybridized carbons (Fsp3) is 0.200. The summed E-state index contributed by atoms with van der Waals surface area (Å²) in [6.07, 6.45) is 5.41. The van der Waals surface area contributed by atoms with Crippen LogP contribution in [0.2, 0.25) is 0 Å². The van der Waals surface area contributed by atoms with Crippen molar-refractivity contribution in [3.05, 3.63) is 89.5 Å². The van der Waals surface area contributed by atoms with Crippen molar-refractivity contribution in [1.82, 2.24) is 9.88 Å². The predicted molar refractivity (Wildman–Crippen MR) is 120 cm³/mol. The van der Waals surface area contributed by atoms with Gasteiger partial charge in [0.1, 0.15) is 11.6 Å². The Hall–Kier alpha value is -3.51. The summed E-state index contributed by atoms with van der Waals surface area (Å²) in [6.45, 7) is 4.15. The molecule has 0 radical (unpaired) electrons. The Morgan fingerprint density at radius 1 is 1.10 bits per heavy atom. The first kappa shape index (κ1) is 20.8. The van der Waals surface area contributed by atoms with Crippen molar-refractivity contribution in [2.45, 2.75) is 6.92 Å². The third kappa shape index (κ3) is 5.16. The molecule has 0 atom stereocenters. The lowest BCUT2D eigenvalue weighted by molar-refractivity contribution is 0.0303. The number of ether oxygens (including phenoxy) is 1. The Kier molecular flexibility index (Phi) is 6.38. The molecule has 0 aliphatic carbocycles. The lowest BCUT2D eigenvalue weighted by atomic mass is 10.0. The van der Waals surface area contributed by atoms with E-state index in [2.05, 4.69) is 10.3 Å². The van der Waals surface area contributed by atoms with Crippen molar-refractivity contribution in [1.29, 1.82) is 0 Å². The molecule has 4 rings (SSSR count). The molecule has 1 aromatic heterocycles. The Labute approximate surface area is 181 Å². The predicted octanol–water partition coefficient (Wildman–Crippen LogP) is 4.75. The minimum atomic E-state index is -0.210. The zero-order chi connectivity index (χ0) is 21.6. The number of aryl methyl sites for hydroxylation is 1. The Morgan fingerprint density at radius 3 is 2.68 bits per heavy atom. The van der Waals surface area contributed by atoms with Crippen molar-refractivity contribution < 1.29 is 13.9 Å².